The van der Waals surface area contributed by atoms with Gasteiger partial charge >= 0.3 is 0 Å². The number of likely N-dealkylation sites (tertiary alicyclic amines) is 1. The van der Waals surface area contributed by atoms with Crippen LogP contribution in [0.1, 0.15) is 12.8 Å². The SMILES string of the molecule is NCC1COCCN1CCN1CCCC1. The second-order valence-electron chi connectivity index (χ2n) is 4.55. The molecule has 0 aromatic heterocycles. The highest BCUT2D eigenvalue weighted by molar-refractivity contribution is 4.77. The lowest BCUT2D eigenvalue weighted by Crippen LogP contribution is -2.51. The van der Waals surface area contributed by atoms with Gasteiger partial charge in [0.1, 0.15) is 0 Å². The minimum absolute atomic E-state index is 0.446. The minimum Gasteiger partial charge on any atom is -0.378 e. The maximum atomic E-state index is 5.74. The van der Waals surface area contributed by atoms with E-state index >= 15 is 0 Å². The molecule has 1 unspecified atom stereocenters. The van der Waals surface area contributed by atoms with Crippen LogP contribution in [0.4, 0.5) is 0 Å². The molecule has 2 saturated heterocycles. The fraction of sp³-hybridized carbons (Fsp3) is 1.00. The van der Waals surface area contributed by atoms with Crippen molar-refractivity contribution in [1.82, 2.24) is 9.80 Å². The topological polar surface area (TPSA) is 41.7 Å². The van der Waals surface area contributed by atoms with Gasteiger partial charge in [0.2, 0.25) is 0 Å². The first-order valence-corrected chi connectivity index (χ1v) is 6.14. The first-order valence-electron chi connectivity index (χ1n) is 6.14. The Morgan fingerprint density at radius 2 is 1.93 bits per heavy atom. The van der Waals surface area contributed by atoms with Crippen LogP contribution in [0, 0.1) is 0 Å². The molecule has 0 spiro atoms. The molecule has 2 fully saturated rings. The predicted molar refractivity (Wildman–Crippen MR) is 60.9 cm³/mol. The summed E-state index contributed by atoms with van der Waals surface area (Å²) in [4.78, 5) is 5.05. The first kappa shape index (κ1) is 11.3. The molecule has 0 radical (unpaired) electrons. The first-order chi connectivity index (χ1) is 7.40. The Morgan fingerprint density at radius 1 is 1.13 bits per heavy atom. The summed E-state index contributed by atoms with van der Waals surface area (Å²) >= 11 is 0. The summed E-state index contributed by atoms with van der Waals surface area (Å²) in [7, 11) is 0. The summed E-state index contributed by atoms with van der Waals surface area (Å²) in [5.41, 5.74) is 5.74. The van der Waals surface area contributed by atoms with E-state index in [0.717, 1.165) is 32.8 Å². The van der Waals surface area contributed by atoms with Crippen molar-refractivity contribution in [3.8, 4) is 0 Å². The van der Waals surface area contributed by atoms with Gasteiger partial charge in [-0.15, -0.1) is 0 Å². The second-order valence-corrected chi connectivity index (χ2v) is 4.55. The van der Waals surface area contributed by atoms with Crippen LogP contribution in [-0.2, 0) is 4.74 Å². The van der Waals surface area contributed by atoms with E-state index in [1.54, 1.807) is 0 Å². The van der Waals surface area contributed by atoms with E-state index in [1.165, 1.54) is 32.5 Å². The zero-order valence-electron chi connectivity index (χ0n) is 9.53. The number of rotatable bonds is 4. The van der Waals surface area contributed by atoms with Crippen LogP contribution in [0.3, 0.4) is 0 Å². The molecule has 0 bridgehead atoms. The summed E-state index contributed by atoms with van der Waals surface area (Å²) in [5.74, 6) is 0. The molecule has 2 aliphatic heterocycles. The van der Waals surface area contributed by atoms with Gasteiger partial charge in [-0.25, -0.2) is 0 Å². The lowest BCUT2D eigenvalue weighted by atomic mass is 10.2. The Bertz CT molecular complexity index is 183. The quantitative estimate of drug-likeness (QED) is 0.699. The minimum atomic E-state index is 0.446. The van der Waals surface area contributed by atoms with Crippen molar-refractivity contribution in [3.05, 3.63) is 0 Å². The average Bonchev–Trinajstić information content (AvgIpc) is 2.79. The zero-order valence-corrected chi connectivity index (χ0v) is 9.53. The van der Waals surface area contributed by atoms with Crippen LogP contribution < -0.4 is 5.73 Å². The Morgan fingerprint density at radius 3 is 2.67 bits per heavy atom. The highest BCUT2D eigenvalue weighted by Crippen LogP contribution is 2.09. The van der Waals surface area contributed by atoms with Gasteiger partial charge in [-0.2, -0.15) is 0 Å². The molecule has 15 heavy (non-hydrogen) atoms. The maximum absolute atomic E-state index is 5.74. The molecule has 0 aromatic rings. The van der Waals surface area contributed by atoms with Crippen LogP contribution in [0.5, 0.6) is 0 Å². The summed E-state index contributed by atoms with van der Waals surface area (Å²) in [5, 5.41) is 0. The smallest absolute Gasteiger partial charge is 0.0634 e. The normalized spacial score (nSPS) is 29.8. The van der Waals surface area contributed by atoms with Gasteiger partial charge in [0.15, 0.2) is 0 Å². The molecule has 0 amide bonds. The second kappa shape index (κ2) is 5.80. The van der Waals surface area contributed by atoms with Crippen LogP contribution in [0.2, 0.25) is 0 Å². The molecular weight excluding hydrogens is 190 g/mol. The van der Waals surface area contributed by atoms with Crippen molar-refractivity contribution in [2.45, 2.75) is 18.9 Å². The van der Waals surface area contributed by atoms with Crippen molar-refractivity contribution < 1.29 is 4.74 Å². The molecular formula is C11H23N3O. The zero-order chi connectivity index (χ0) is 10.5. The fourth-order valence-electron chi connectivity index (χ4n) is 2.48. The van der Waals surface area contributed by atoms with Crippen LogP contribution >= 0.6 is 0 Å². The van der Waals surface area contributed by atoms with E-state index in [4.69, 9.17) is 10.5 Å². The standard InChI is InChI=1S/C11H23N3O/c12-9-11-10-15-8-7-14(11)6-5-13-3-1-2-4-13/h11H,1-10,12H2. The number of ether oxygens (including phenoxy) is 1. The van der Waals surface area contributed by atoms with Gasteiger partial charge in [-0.05, 0) is 25.9 Å². The summed E-state index contributed by atoms with van der Waals surface area (Å²) in [6.07, 6.45) is 2.76. The Balaban J connectivity index is 1.71. The van der Waals surface area contributed by atoms with Crippen molar-refractivity contribution >= 4 is 0 Å². The third-order valence-corrected chi connectivity index (χ3v) is 3.52. The number of nitrogens with zero attached hydrogens (tertiary/aromatic N) is 2. The Hall–Kier alpha value is -0.160. The van der Waals surface area contributed by atoms with Gasteiger partial charge in [-0.3, -0.25) is 4.90 Å². The lowest BCUT2D eigenvalue weighted by molar-refractivity contribution is -0.00665. The van der Waals surface area contributed by atoms with Crippen molar-refractivity contribution in [1.29, 1.82) is 0 Å². The lowest BCUT2D eigenvalue weighted by Gasteiger charge is -2.35. The van der Waals surface area contributed by atoms with Gasteiger partial charge in [0.05, 0.1) is 13.2 Å². The fourth-order valence-corrected chi connectivity index (χ4v) is 2.48. The van der Waals surface area contributed by atoms with E-state index in [0.29, 0.717) is 6.04 Å². The van der Waals surface area contributed by atoms with E-state index in [-0.39, 0.29) is 0 Å². The molecule has 4 nitrogen and oxygen atoms in total. The third kappa shape index (κ3) is 3.14. The summed E-state index contributed by atoms with van der Waals surface area (Å²) < 4.78 is 5.44. The van der Waals surface area contributed by atoms with Crippen molar-refractivity contribution in [2.75, 3.05) is 52.5 Å². The summed E-state index contributed by atoms with van der Waals surface area (Å²) in [6.45, 7) is 8.40. The molecule has 0 aromatic carbocycles. The number of hydrogen-bond donors (Lipinski definition) is 1. The molecule has 0 saturated carbocycles. The third-order valence-electron chi connectivity index (χ3n) is 3.52. The number of nitrogens with two attached hydrogens (primary N) is 1. The van der Waals surface area contributed by atoms with E-state index in [1.807, 2.05) is 0 Å². The largest absolute Gasteiger partial charge is 0.378 e. The van der Waals surface area contributed by atoms with Crippen LogP contribution in [0.15, 0.2) is 0 Å². The van der Waals surface area contributed by atoms with E-state index in [2.05, 4.69) is 9.80 Å². The van der Waals surface area contributed by atoms with E-state index < -0.39 is 0 Å². The molecule has 0 aliphatic carbocycles. The van der Waals surface area contributed by atoms with Crippen molar-refractivity contribution in [2.24, 2.45) is 5.73 Å². The van der Waals surface area contributed by atoms with Gasteiger partial charge in [0, 0.05) is 32.2 Å². The molecule has 2 rings (SSSR count). The predicted octanol–water partition coefficient (Wildman–Crippen LogP) is -0.258. The monoisotopic (exact) mass is 213 g/mol. The maximum Gasteiger partial charge on any atom is 0.0634 e. The molecule has 2 N–H and O–H groups in total. The highest BCUT2D eigenvalue weighted by Gasteiger charge is 2.22. The average molecular weight is 213 g/mol. The molecule has 4 heteroatoms. The number of hydrogen-bond acceptors (Lipinski definition) is 4. The van der Waals surface area contributed by atoms with Crippen molar-refractivity contribution in [3.63, 3.8) is 0 Å². The van der Waals surface area contributed by atoms with Gasteiger partial charge in [-0.1, -0.05) is 0 Å². The Labute approximate surface area is 92.4 Å². The molecule has 2 aliphatic rings. The molecule has 1 atom stereocenters. The summed E-state index contributed by atoms with van der Waals surface area (Å²) in [6, 6.07) is 0.446. The van der Waals surface area contributed by atoms with Gasteiger partial charge in [0.25, 0.3) is 0 Å². The molecule has 88 valence electrons. The van der Waals surface area contributed by atoms with Crippen LogP contribution in [0.25, 0.3) is 0 Å². The number of morpholine rings is 1. The molecule has 2 heterocycles. The highest BCUT2D eigenvalue weighted by atomic mass is 16.5. The van der Waals surface area contributed by atoms with Gasteiger partial charge < -0.3 is 15.4 Å². The van der Waals surface area contributed by atoms with E-state index in [9.17, 15) is 0 Å². The Kier molecular flexibility index (Phi) is 4.38. The van der Waals surface area contributed by atoms with Crippen LogP contribution in [-0.4, -0.2) is 68.3 Å².